The Kier molecular flexibility index (Phi) is 5.42. The standard InChI is InChI=1S/C18H26N2O3/c1-18(2,3)16(21)13-19-8-10-20(11-9-19)17(22)14-6-5-7-15(12-14)23-4/h5-7,12H,8-11,13H2,1-4H3. The van der Waals surface area contributed by atoms with Gasteiger partial charge in [-0.2, -0.15) is 0 Å². The summed E-state index contributed by atoms with van der Waals surface area (Å²) in [6, 6.07) is 7.22. The highest BCUT2D eigenvalue weighted by Gasteiger charge is 2.27. The van der Waals surface area contributed by atoms with Crippen LogP contribution in [0, 0.1) is 5.41 Å². The molecule has 1 aromatic rings. The molecule has 1 saturated heterocycles. The molecule has 1 aromatic carbocycles. The van der Waals surface area contributed by atoms with E-state index in [9.17, 15) is 9.59 Å². The Balaban J connectivity index is 1.91. The molecular formula is C18H26N2O3. The average molecular weight is 318 g/mol. The molecule has 2 rings (SSSR count). The van der Waals surface area contributed by atoms with Gasteiger partial charge in [0.15, 0.2) is 5.78 Å². The van der Waals surface area contributed by atoms with Gasteiger partial charge in [-0.1, -0.05) is 26.8 Å². The van der Waals surface area contributed by atoms with Crippen LogP contribution in [0.25, 0.3) is 0 Å². The van der Waals surface area contributed by atoms with Crippen LogP contribution in [0.1, 0.15) is 31.1 Å². The SMILES string of the molecule is COc1cccc(C(=O)N2CCN(CC(=O)C(C)(C)C)CC2)c1. The van der Waals surface area contributed by atoms with Gasteiger partial charge in [0.2, 0.25) is 0 Å². The molecule has 0 saturated carbocycles. The Morgan fingerprint density at radius 1 is 1.13 bits per heavy atom. The van der Waals surface area contributed by atoms with Gasteiger partial charge >= 0.3 is 0 Å². The zero-order valence-corrected chi connectivity index (χ0v) is 14.5. The van der Waals surface area contributed by atoms with Crippen molar-refractivity contribution >= 4 is 11.7 Å². The molecule has 0 radical (unpaired) electrons. The number of hydrogen-bond acceptors (Lipinski definition) is 4. The highest BCUT2D eigenvalue weighted by atomic mass is 16.5. The number of benzene rings is 1. The number of rotatable bonds is 4. The van der Waals surface area contributed by atoms with Crippen LogP contribution in [-0.4, -0.2) is 61.3 Å². The molecule has 126 valence electrons. The van der Waals surface area contributed by atoms with Gasteiger partial charge in [0.25, 0.3) is 5.91 Å². The van der Waals surface area contributed by atoms with E-state index in [4.69, 9.17) is 4.74 Å². The number of hydrogen-bond donors (Lipinski definition) is 0. The molecule has 0 aromatic heterocycles. The van der Waals surface area contributed by atoms with Crippen molar-refractivity contribution in [2.45, 2.75) is 20.8 Å². The topological polar surface area (TPSA) is 49.9 Å². The Hall–Kier alpha value is -1.88. The number of ether oxygens (including phenoxy) is 1. The third-order valence-electron chi connectivity index (χ3n) is 4.18. The summed E-state index contributed by atoms with van der Waals surface area (Å²) in [7, 11) is 1.59. The summed E-state index contributed by atoms with van der Waals surface area (Å²) in [6.07, 6.45) is 0. The summed E-state index contributed by atoms with van der Waals surface area (Å²) < 4.78 is 5.17. The maximum absolute atomic E-state index is 12.5. The van der Waals surface area contributed by atoms with Gasteiger partial charge in [-0.05, 0) is 18.2 Å². The first-order chi connectivity index (χ1) is 10.8. The van der Waals surface area contributed by atoms with Gasteiger partial charge in [0.1, 0.15) is 5.75 Å². The van der Waals surface area contributed by atoms with Crippen molar-refractivity contribution in [3.63, 3.8) is 0 Å². The van der Waals surface area contributed by atoms with Crippen LogP contribution in [0.3, 0.4) is 0 Å². The molecule has 0 aliphatic carbocycles. The third kappa shape index (κ3) is 4.55. The molecule has 5 heteroatoms. The maximum atomic E-state index is 12.5. The van der Waals surface area contributed by atoms with Gasteiger partial charge in [-0.15, -0.1) is 0 Å². The predicted molar refractivity (Wildman–Crippen MR) is 89.8 cm³/mol. The molecule has 1 heterocycles. The second-order valence-corrected chi connectivity index (χ2v) is 6.97. The zero-order chi connectivity index (χ0) is 17.0. The number of piperazine rings is 1. The Bertz CT molecular complexity index is 570. The molecule has 0 atom stereocenters. The molecule has 1 aliphatic heterocycles. The lowest BCUT2D eigenvalue weighted by Crippen LogP contribution is -2.50. The Morgan fingerprint density at radius 3 is 2.35 bits per heavy atom. The minimum absolute atomic E-state index is 0.0192. The van der Waals surface area contributed by atoms with Crippen LogP contribution >= 0.6 is 0 Å². The van der Waals surface area contributed by atoms with E-state index in [0.29, 0.717) is 30.9 Å². The second-order valence-electron chi connectivity index (χ2n) is 6.97. The molecule has 0 unspecified atom stereocenters. The molecule has 23 heavy (non-hydrogen) atoms. The fourth-order valence-electron chi connectivity index (χ4n) is 2.49. The average Bonchev–Trinajstić information content (AvgIpc) is 2.54. The van der Waals surface area contributed by atoms with Gasteiger partial charge in [-0.3, -0.25) is 14.5 Å². The van der Waals surface area contributed by atoms with Crippen LogP contribution in [-0.2, 0) is 4.79 Å². The molecule has 1 aliphatic rings. The van der Waals surface area contributed by atoms with Crippen molar-refractivity contribution in [1.29, 1.82) is 0 Å². The predicted octanol–water partition coefficient (Wildman–Crippen LogP) is 2.07. The Morgan fingerprint density at radius 2 is 1.78 bits per heavy atom. The van der Waals surface area contributed by atoms with E-state index < -0.39 is 0 Å². The monoisotopic (exact) mass is 318 g/mol. The van der Waals surface area contributed by atoms with Crippen LogP contribution in [0.2, 0.25) is 0 Å². The summed E-state index contributed by atoms with van der Waals surface area (Å²) in [6.45, 7) is 9.05. The van der Waals surface area contributed by atoms with Gasteiger partial charge in [0, 0.05) is 37.2 Å². The molecular weight excluding hydrogens is 292 g/mol. The number of nitrogens with zero attached hydrogens (tertiary/aromatic N) is 2. The number of Topliss-reactive ketones (excluding diaryl/α,β-unsaturated/α-hetero) is 1. The van der Waals surface area contributed by atoms with E-state index in [0.717, 1.165) is 13.1 Å². The molecule has 1 amide bonds. The fourth-order valence-corrected chi connectivity index (χ4v) is 2.49. The molecule has 5 nitrogen and oxygen atoms in total. The van der Waals surface area contributed by atoms with E-state index in [2.05, 4.69) is 4.90 Å². The first kappa shape index (κ1) is 17.5. The van der Waals surface area contributed by atoms with Gasteiger partial charge in [0.05, 0.1) is 13.7 Å². The number of amides is 1. The van der Waals surface area contributed by atoms with Crippen molar-refractivity contribution < 1.29 is 14.3 Å². The number of carbonyl (C=O) groups excluding carboxylic acids is 2. The van der Waals surface area contributed by atoms with Crippen molar-refractivity contribution in [2.75, 3.05) is 39.8 Å². The van der Waals surface area contributed by atoms with Crippen LogP contribution in [0.4, 0.5) is 0 Å². The summed E-state index contributed by atoms with van der Waals surface area (Å²) in [4.78, 5) is 28.6. The molecule has 0 N–H and O–H groups in total. The van der Waals surface area contributed by atoms with E-state index in [1.165, 1.54) is 0 Å². The smallest absolute Gasteiger partial charge is 0.254 e. The second kappa shape index (κ2) is 7.13. The largest absolute Gasteiger partial charge is 0.497 e. The van der Waals surface area contributed by atoms with E-state index in [1.807, 2.05) is 37.8 Å². The fraction of sp³-hybridized carbons (Fsp3) is 0.556. The first-order valence-corrected chi connectivity index (χ1v) is 8.00. The lowest BCUT2D eigenvalue weighted by Gasteiger charge is -2.35. The summed E-state index contributed by atoms with van der Waals surface area (Å²) in [5.41, 5.74) is 0.330. The quantitative estimate of drug-likeness (QED) is 0.853. The van der Waals surface area contributed by atoms with E-state index >= 15 is 0 Å². The van der Waals surface area contributed by atoms with E-state index in [1.54, 1.807) is 19.2 Å². The van der Waals surface area contributed by atoms with Gasteiger partial charge < -0.3 is 9.64 Å². The molecule has 1 fully saturated rings. The summed E-state index contributed by atoms with van der Waals surface area (Å²) >= 11 is 0. The van der Waals surface area contributed by atoms with Crippen molar-refractivity contribution in [3.05, 3.63) is 29.8 Å². The van der Waals surface area contributed by atoms with Crippen LogP contribution < -0.4 is 4.74 Å². The minimum atomic E-state index is -0.312. The van der Waals surface area contributed by atoms with E-state index in [-0.39, 0.29) is 17.1 Å². The lowest BCUT2D eigenvalue weighted by molar-refractivity contribution is -0.127. The lowest BCUT2D eigenvalue weighted by atomic mass is 9.90. The highest BCUT2D eigenvalue weighted by Crippen LogP contribution is 2.17. The number of methoxy groups -OCH3 is 1. The number of ketones is 1. The first-order valence-electron chi connectivity index (χ1n) is 8.00. The summed E-state index contributed by atoms with van der Waals surface area (Å²) in [5, 5.41) is 0. The van der Waals surface area contributed by atoms with Gasteiger partial charge in [-0.25, -0.2) is 0 Å². The number of carbonyl (C=O) groups is 2. The maximum Gasteiger partial charge on any atom is 0.254 e. The molecule has 0 spiro atoms. The third-order valence-corrected chi connectivity index (χ3v) is 4.18. The normalized spacial score (nSPS) is 16.3. The van der Waals surface area contributed by atoms with Crippen molar-refractivity contribution in [3.8, 4) is 5.75 Å². The minimum Gasteiger partial charge on any atom is -0.497 e. The molecule has 0 bridgehead atoms. The Labute approximate surface area is 138 Å². The van der Waals surface area contributed by atoms with Crippen LogP contribution in [0.5, 0.6) is 5.75 Å². The zero-order valence-electron chi connectivity index (χ0n) is 14.5. The summed E-state index contributed by atoms with van der Waals surface area (Å²) in [5.74, 6) is 0.945. The van der Waals surface area contributed by atoms with Crippen molar-refractivity contribution in [1.82, 2.24) is 9.80 Å². The van der Waals surface area contributed by atoms with Crippen LogP contribution in [0.15, 0.2) is 24.3 Å². The van der Waals surface area contributed by atoms with Crippen molar-refractivity contribution in [2.24, 2.45) is 5.41 Å². The highest BCUT2D eigenvalue weighted by molar-refractivity contribution is 5.94.